The SMILES string of the molecule is CC(C)(C)NC(=O)CN(C(=O)[C@H]1CC[C@H]2[C@@H]3CC=C4C(C)(C)[C@@H](O)CC[C@]4(C)[C@H]3CC[C@]12C)c1ccc2ccccc2c1. The summed E-state index contributed by atoms with van der Waals surface area (Å²) < 4.78 is 0. The van der Waals surface area contributed by atoms with E-state index < -0.39 is 0 Å². The molecule has 2 amide bonds. The van der Waals surface area contributed by atoms with E-state index in [2.05, 4.69) is 63.4 Å². The van der Waals surface area contributed by atoms with Gasteiger partial charge in [0.05, 0.1) is 6.10 Å². The molecule has 232 valence electrons. The van der Waals surface area contributed by atoms with Crippen LogP contribution in [0, 0.1) is 39.9 Å². The fourth-order valence-corrected chi connectivity index (χ4v) is 10.2. The van der Waals surface area contributed by atoms with Crippen LogP contribution in [0.25, 0.3) is 10.8 Å². The van der Waals surface area contributed by atoms with Crippen LogP contribution in [0.2, 0.25) is 0 Å². The molecular weight excluding hydrogens is 532 g/mol. The summed E-state index contributed by atoms with van der Waals surface area (Å²) >= 11 is 0. The van der Waals surface area contributed by atoms with Crippen molar-refractivity contribution in [2.45, 2.75) is 105 Å². The number of hydrogen-bond acceptors (Lipinski definition) is 3. The first-order valence-electron chi connectivity index (χ1n) is 16.7. The van der Waals surface area contributed by atoms with Crippen LogP contribution in [0.3, 0.4) is 0 Å². The molecular formula is C38H52N2O3. The summed E-state index contributed by atoms with van der Waals surface area (Å²) in [5.74, 6) is 1.53. The quantitative estimate of drug-likeness (QED) is 0.363. The highest BCUT2D eigenvalue weighted by Crippen LogP contribution is 2.68. The van der Waals surface area contributed by atoms with Gasteiger partial charge in [0.15, 0.2) is 0 Å². The maximum absolute atomic E-state index is 14.7. The zero-order valence-corrected chi connectivity index (χ0v) is 27.4. The molecule has 0 radical (unpaired) electrons. The van der Waals surface area contributed by atoms with Crippen molar-refractivity contribution in [3.8, 4) is 0 Å². The molecule has 5 nitrogen and oxygen atoms in total. The summed E-state index contributed by atoms with van der Waals surface area (Å²) in [6, 6.07) is 14.3. The standard InChI is InChI=1S/C38H52N2O3/c1-35(2,3)39-33(42)23-40(26-13-12-24-10-8-9-11-25(24)22-26)34(43)30-16-15-28-27-14-17-31-36(4,5)32(41)19-21-38(31,7)29(27)18-20-37(28,30)6/h8-13,17,22,27-30,32,41H,14-16,18-21,23H2,1-7H3,(H,39,42)/t27-,28-,29-,30+,32-,37-,38+/m0/s1. The zero-order valence-electron chi connectivity index (χ0n) is 27.4. The van der Waals surface area contributed by atoms with Gasteiger partial charge in [-0.2, -0.15) is 0 Å². The lowest BCUT2D eigenvalue weighted by molar-refractivity contribution is -0.132. The molecule has 4 aliphatic carbocycles. The fourth-order valence-electron chi connectivity index (χ4n) is 10.2. The van der Waals surface area contributed by atoms with E-state index in [0.717, 1.165) is 61.4 Å². The van der Waals surface area contributed by atoms with Crippen LogP contribution < -0.4 is 10.2 Å². The molecule has 43 heavy (non-hydrogen) atoms. The highest BCUT2D eigenvalue weighted by atomic mass is 16.3. The van der Waals surface area contributed by atoms with Crippen molar-refractivity contribution in [2.75, 3.05) is 11.4 Å². The molecule has 6 rings (SSSR count). The van der Waals surface area contributed by atoms with Crippen LogP contribution >= 0.6 is 0 Å². The van der Waals surface area contributed by atoms with Gasteiger partial charge in [0.1, 0.15) is 6.54 Å². The van der Waals surface area contributed by atoms with Gasteiger partial charge >= 0.3 is 0 Å². The number of hydrogen-bond donors (Lipinski definition) is 2. The van der Waals surface area contributed by atoms with Crippen molar-refractivity contribution in [3.05, 3.63) is 54.1 Å². The van der Waals surface area contributed by atoms with E-state index in [4.69, 9.17) is 0 Å². The maximum atomic E-state index is 14.7. The largest absolute Gasteiger partial charge is 0.392 e. The first-order valence-corrected chi connectivity index (χ1v) is 16.7. The first-order chi connectivity index (χ1) is 20.1. The Kier molecular flexibility index (Phi) is 7.39. The molecule has 2 aromatic carbocycles. The van der Waals surface area contributed by atoms with Crippen molar-refractivity contribution in [2.24, 2.45) is 39.9 Å². The summed E-state index contributed by atoms with van der Waals surface area (Å²) in [5.41, 5.74) is 1.76. The van der Waals surface area contributed by atoms with E-state index in [1.165, 1.54) is 5.57 Å². The van der Waals surface area contributed by atoms with Gasteiger partial charge in [-0.05, 0) is 117 Å². The number of rotatable bonds is 4. The van der Waals surface area contributed by atoms with Crippen LogP contribution in [-0.2, 0) is 9.59 Å². The second-order valence-electron chi connectivity index (χ2n) is 16.4. The third-order valence-electron chi connectivity index (χ3n) is 12.4. The third-order valence-corrected chi connectivity index (χ3v) is 12.4. The molecule has 0 unspecified atom stereocenters. The number of allylic oxidation sites excluding steroid dienone is 1. The summed E-state index contributed by atoms with van der Waals surface area (Å²) in [6.07, 6.45) is 9.30. The summed E-state index contributed by atoms with van der Waals surface area (Å²) in [7, 11) is 0. The monoisotopic (exact) mass is 584 g/mol. The average Bonchev–Trinajstić information content (AvgIpc) is 3.30. The van der Waals surface area contributed by atoms with Gasteiger partial charge in [-0.1, -0.05) is 69.7 Å². The van der Waals surface area contributed by atoms with Crippen molar-refractivity contribution in [3.63, 3.8) is 0 Å². The van der Waals surface area contributed by atoms with E-state index in [0.29, 0.717) is 17.8 Å². The van der Waals surface area contributed by atoms with E-state index in [9.17, 15) is 14.7 Å². The lowest BCUT2D eigenvalue weighted by Gasteiger charge is -2.61. The number of fused-ring (bicyclic) bond motifs is 6. The average molecular weight is 585 g/mol. The lowest BCUT2D eigenvalue weighted by Crippen LogP contribution is -2.55. The van der Waals surface area contributed by atoms with Gasteiger partial charge in [0.2, 0.25) is 11.8 Å². The molecule has 7 atom stereocenters. The number of nitrogens with zero attached hydrogens (tertiary/aromatic N) is 1. The Labute approximate surface area is 258 Å². The fraction of sp³-hybridized carbons (Fsp3) is 0.632. The van der Waals surface area contributed by atoms with Crippen molar-refractivity contribution in [1.82, 2.24) is 5.32 Å². The molecule has 0 bridgehead atoms. The van der Waals surface area contributed by atoms with Gasteiger partial charge in [0, 0.05) is 22.6 Å². The van der Waals surface area contributed by atoms with Crippen LogP contribution in [0.5, 0.6) is 0 Å². The molecule has 3 fully saturated rings. The van der Waals surface area contributed by atoms with Gasteiger partial charge < -0.3 is 15.3 Å². The predicted octanol–water partition coefficient (Wildman–Crippen LogP) is 7.66. The number of aliphatic hydroxyl groups excluding tert-OH is 1. The highest BCUT2D eigenvalue weighted by Gasteiger charge is 2.62. The molecule has 3 saturated carbocycles. The smallest absolute Gasteiger partial charge is 0.240 e. The van der Waals surface area contributed by atoms with Gasteiger partial charge in [-0.25, -0.2) is 0 Å². The van der Waals surface area contributed by atoms with E-state index in [1.54, 1.807) is 4.90 Å². The number of nitrogens with one attached hydrogen (secondary N) is 1. The summed E-state index contributed by atoms with van der Waals surface area (Å²) in [5, 5.41) is 16.2. The Bertz CT molecular complexity index is 1450. The number of amides is 2. The van der Waals surface area contributed by atoms with Gasteiger partial charge in [0.25, 0.3) is 0 Å². The lowest BCUT2D eigenvalue weighted by atomic mass is 9.44. The molecule has 2 aromatic rings. The van der Waals surface area contributed by atoms with Crippen LogP contribution in [0.15, 0.2) is 54.1 Å². The van der Waals surface area contributed by atoms with E-state index in [-0.39, 0.29) is 52.2 Å². The maximum Gasteiger partial charge on any atom is 0.240 e. The van der Waals surface area contributed by atoms with E-state index >= 15 is 0 Å². The Morgan fingerprint density at radius 2 is 1.65 bits per heavy atom. The second kappa shape index (κ2) is 10.5. The van der Waals surface area contributed by atoms with Crippen molar-refractivity contribution < 1.29 is 14.7 Å². The highest BCUT2D eigenvalue weighted by molar-refractivity contribution is 6.02. The minimum absolute atomic E-state index is 0.0271. The Morgan fingerprint density at radius 3 is 2.37 bits per heavy atom. The summed E-state index contributed by atoms with van der Waals surface area (Å²) in [6.45, 7) is 15.3. The number of carbonyl (C=O) groups excluding carboxylic acids is 2. The Morgan fingerprint density at radius 1 is 0.930 bits per heavy atom. The predicted molar refractivity (Wildman–Crippen MR) is 175 cm³/mol. The van der Waals surface area contributed by atoms with Crippen molar-refractivity contribution in [1.29, 1.82) is 0 Å². The molecule has 0 aliphatic heterocycles. The normalized spacial score (nSPS) is 34.9. The number of benzene rings is 2. The molecule has 5 heteroatoms. The Balaban J connectivity index is 1.31. The van der Waals surface area contributed by atoms with Crippen LogP contribution in [0.1, 0.15) is 93.4 Å². The third kappa shape index (κ3) is 5.04. The topological polar surface area (TPSA) is 69.6 Å². The number of anilines is 1. The van der Waals surface area contributed by atoms with Gasteiger partial charge in [-0.3, -0.25) is 9.59 Å². The van der Waals surface area contributed by atoms with Gasteiger partial charge in [-0.15, -0.1) is 0 Å². The molecule has 0 aromatic heterocycles. The van der Waals surface area contributed by atoms with Crippen LogP contribution in [-0.4, -0.2) is 35.1 Å². The Hall–Kier alpha value is -2.66. The number of carbonyl (C=O) groups is 2. The summed E-state index contributed by atoms with van der Waals surface area (Å²) in [4.78, 5) is 29.8. The number of aliphatic hydroxyl groups is 1. The second-order valence-corrected chi connectivity index (χ2v) is 16.4. The molecule has 4 aliphatic rings. The molecule has 0 spiro atoms. The van der Waals surface area contributed by atoms with E-state index in [1.807, 2.05) is 39.0 Å². The minimum atomic E-state index is -0.370. The van der Waals surface area contributed by atoms with Crippen LogP contribution in [0.4, 0.5) is 5.69 Å². The molecule has 2 N–H and O–H groups in total. The minimum Gasteiger partial charge on any atom is -0.392 e. The molecule has 0 heterocycles. The molecule has 0 saturated heterocycles. The zero-order chi connectivity index (χ0) is 30.9. The first kappa shape index (κ1) is 30.4. The van der Waals surface area contributed by atoms with Crippen molar-refractivity contribution >= 4 is 28.3 Å².